The molecule has 0 bridgehead atoms. The molecule has 0 aliphatic rings. The first-order valence-corrected chi connectivity index (χ1v) is 11.9. The number of hydrogen-bond donors (Lipinski definition) is 0. The topological polar surface area (TPSA) is 17.8 Å². The van der Waals surface area contributed by atoms with Gasteiger partial charge < -0.3 is 4.57 Å². The Morgan fingerprint density at radius 1 is 0.719 bits per heavy atom. The average molecular weight is 443 g/mol. The molecule has 2 aromatic heterocycles. The SMILES string of the molecule is Cc1cc(-c2ccc(CCCCCc3cccc(Cl)c3)cc2)nc(-n2c(C)ccc2C)c1. The molecule has 32 heavy (non-hydrogen) atoms. The van der Waals surface area contributed by atoms with Gasteiger partial charge in [0.2, 0.25) is 0 Å². The zero-order valence-corrected chi connectivity index (χ0v) is 20.0. The highest BCUT2D eigenvalue weighted by atomic mass is 35.5. The quantitative estimate of drug-likeness (QED) is 0.252. The molecule has 0 atom stereocenters. The third-order valence-corrected chi connectivity index (χ3v) is 6.26. The molecule has 2 aromatic carbocycles. The summed E-state index contributed by atoms with van der Waals surface area (Å²) in [5, 5.41) is 0.830. The minimum Gasteiger partial charge on any atom is -0.303 e. The molecule has 4 aromatic rings. The van der Waals surface area contributed by atoms with Crippen LogP contribution in [0.15, 0.2) is 72.8 Å². The number of aromatic nitrogens is 2. The Morgan fingerprint density at radius 2 is 1.41 bits per heavy atom. The maximum atomic E-state index is 6.07. The number of rotatable bonds is 8. The maximum absolute atomic E-state index is 6.07. The van der Waals surface area contributed by atoms with E-state index in [1.807, 2.05) is 12.1 Å². The molecule has 2 heterocycles. The highest BCUT2D eigenvalue weighted by molar-refractivity contribution is 6.30. The number of nitrogens with zero attached hydrogens (tertiary/aromatic N) is 2. The minimum absolute atomic E-state index is 0.830. The van der Waals surface area contributed by atoms with Crippen LogP contribution in [-0.4, -0.2) is 9.55 Å². The fourth-order valence-electron chi connectivity index (χ4n) is 4.31. The number of pyridine rings is 1. The Hall–Kier alpha value is -2.84. The van der Waals surface area contributed by atoms with Crippen molar-refractivity contribution < 1.29 is 0 Å². The van der Waals surface area contributed by atoms with Crippen molar-refractivity contribution in [2.24, 2.45) is 0 Å². The van der Waals surface area contributed by atoms with Crippen molar-refractivity contribution in [3.05, 3.63) is 106 Å². The van der Waals surface area contributed by atoms with Crippen LogP contribution >= 0.6 is 11.6 Å². The van der Waals surface area contributed by atoms with Crippen LogP contribution in [-0.2, 0) is 12.8 Å². The minimum atomic E-state index is 0.830. The van der Waals surface area contributed by atoms with Crippen molar-refractivity contribution in [1.82, 2.24) is 9.55 Å². The molecule has 4 rings (SSSR count). The lowest BCUT2D eigenvalue weighted by Gasteiger charge is -2.12. The first kappa shape index (κ1) is 22.4. The lowest BCUT2D eigenvalue weighted by Crippen LogP contribution is -2.03. The molecule has 0 unspecified atom stereocenters. The van der Waals surface area contributed by atoms with E-state index in [0.717, 1.165) is 29.4 Å². The summed E-state index contributed by atoms with van der Waals surface area (Å²) in [5.74, 6) is 0.990. The molecule has 0 amide bonds. The van der Waals surface area contributed by atoms with Crippen molar-refractivity contribution in [1.29, 1.82) is 0 Å². The van der Waals surface area contributed by atoms with Crippen molar-refractivity contribution >= 4 is 11.6 Å². The zero-order chi connectivity index (χ0) is 22.5. The molecule has 0 saturated heterocycles. The second-order valence-corrected chi connectivity index (χ2v) is 9.16. The van der Waals surface area contributed by atoms with Gasteiger partial charge in [0.05, 0.1) is 5.69 Å². The van der Waals surface area contributed by atoms with Crippen LogP contribution < -0.4 is 0 Å². The van der Waals surface area contributed by atoms with Gasteiger partial charge in [0, 0.05) is 22.0 Å². The van der Waals surface area contributed by atoms with E-state index in [-0.39, 0.29) is 0 Å². The van der Waals surface area contributed by atoms with Crippen LogP contribution in [0.4, 0.5) is 0 Å². The smallest absolute Gasteiger partial charge is 0.137 e. The maximum Gasteiger partial charge on any atom is 0.137 e. The lowest BCUT2D eigenvalue weighted by molar-refractivity contribution is 0.678. The highest BCUT2D eigenvalue weighted by Gasteiger charge is 2.09. The van der Waals surface area contributed by atoms with Gasteiger partial charge >= 0.3 is 0 Å². The Kier molecular flexibility index (Phi) is 7.12. The predicted molar refractivity (Wildman–Crippen MR) is 136 cm³/mol. The van der Waals surface area contributed by atoms with Gasteiger partial charge in [-0.25, -0.2) is 4.98 Å². The summed E-state index contributed by atoms with van der Waals surface area (Å²) < 4.78 is 2.22. The Labute approximate surface area is 196 Å². The van der Waals surface area contributed by atoms with Crippen LogP contribution in [0.5, 0.6) is 0 Å². The van der Waals surface area contributed by atoms with E-state index >= 15 is 0 Å². The molecular formula is C29H31ClN2. The summed E-state index contributed by atoms with van der Waals surface area (Å²) in [4.78, 5) is 4.97. The Bertz CT molecular complexity index is 1170. The van der Waals surface area contributed by atoms with E-state index in [1.54, 1.807) is 0 Å². The Balaban J connectivity index is 1.36. The van der Waals surface area contributed by atoms with E-state index in [2.05, 4.69) is 86.0 Å². The van der Waals surface area contributed by atoms with E-state index in [0.29, 0.717) is 0 Å². The van der Waals surface area contributed by atoms with Crippen LogP contribution in [0.3, 0.4) is 0 Å². The molecule has 3 heteroatoms. The summed E-state index contributed by atoms with van der Waals surface area (Å²) in [6.45, 7) is 6.39. The number of aryl methyl sites for hydroxylation is 5. The van der Waals surface area contributed by atoms with Gasteiger partial charge in [0.1, 0.15) is 5.82 Å². The van der Waals surface area contributed by atoms with Gasteiger partial charge in [0.15, 0.2) is 0 Å². The fourth-order valence-corrected chi connectivity index (χ4v) is 4.52. The summed E-state index contributed by atoms with van der Waals surface area (Å²) in [5.41, 5.74) is 8.55. The van der Waals surface area contributed by atoms with Gasteiger partial charge in [-0.05, 0) is 99.5 Å². The molecule has 0 saturated carbocycles. The van der Waals surface area contributed by atoms with Crippen LogP contribution in [0.25, 0.3) is 17.1 Å². The monoisotopic (exact) mass is 442 g/mol. The fraction of sp³-hybridized carbons (Fsp3) is 0.276. The standard InChI is InChI=1S/C29H31ClN2/c1-21-18-28(31-29(19-21)32-22(2)12-13-23(32)3)26-16-14-24(15-17-26)8-5-4-6-9-25-10-7-11-27(30)20-25/h7,10-20H,4-6,8-9H2,1-3H3. The van der Waals surface area contributed by atoms with Crippen LogP contribution in [0.1, 0.15) is 47.3 Å². The van der Waals surface area contributed by atoms with E-state index in [4.69, 9.17) is 16.6 Å². The van der Waals surface area contributed by atoms with E-state index in [9.17, 15) is 0 Å². The van der Waals surface area contributed by atoms with Crippen LogP contribution in [0, 0.1) is 20.8 Å². The second kappa shape index (κ2) is 10.2. The molecule has 0 aliphatic carbocycles. The summed E-state index contributed by atoms with van der Waals surface area (Å²) in [6.07, 6.45) is 5.85. The number of benzene rings is 2. The molecule has 0 fully saturated rings. The van der Waals surface area contributed by atoms with Crippen molar-refractivity contribution in [2.45, 2.75) is 52.9 Å². The van der Waals surface area contributed by atoms with Crippen LogP contribution in [0.2, 0.25) is 5.02 Å². The Morgan fingerprint density at radius 3 is 2.09 bits per heavy atom. The van der Waals surface area contributed by atoms with Gasteiger partial charge in [-0.3, -0.25) is 0 Å². The summed E-state index contributed by atoms with van der Waals surface area (Å²) >= 11 is 6.07. The third kappa shape index (κ3) is 5.49. The van der Waals surface area contributed by atoms with Gasteiger partial charge in [0.25, 0.3) is 0 Å². The molecule has 2 nitrogen and oxygen atoms in total. The lowest BCUT2D eigenvalue weighted by atomic mass is 10.0. The van der Waals surface area contributed by atoms with E-state index in [1.165, 1.54) is 52.9 Å². The first-order valence-electron chi connectivity index (χ1n) is 11.5. The zero-order valence-electron chi connectivity index (χ0n) is 19.2. The third-order valence-electron chi connectivity index (χ3n) is 6.03. The molecule has 0 radical (unpaired) electrons. The number of hydrogen-bond acceptors (Lipinski definition) is 1. The predicted octanol–water partition coefficient (Wildman–Crippen LogP) is 8.07. The van der Waals surface area contributed by atoms with Gasteiger partial charge in [-0.15, -0.1) is 0 Å². The molecular weight excluding hydrogens is 412 g/mol. The highest BCUT2D eigenvalue weighted by Crippen LogP contribution is 2.24. The van der Waals surface area contributed by atoms with E-state index < -0.39 is 0 Å². The molecule has 164 valence electrons. The van der Waals surface area contributed by atoms with Gasteiger partial charge in [-0.2, -0.15) is 0 Å². The largest absolute Gasteiger partial charge is 0.303 e. The summed E-state index contributed by atoms with van der Waals surface area (Å²) in [6, 6.07) is 25.7. The summed E-state index contributed by atoms with van der Waals surface area (Å²) in [7, 11) is 0. The molecule has 0 aliphatic heterocycles. The van der Waals surface area contributed by atoms with Gasteiger partial charge in [-0.1, -0.05) is 54.4 Å². The molecule has 0 spiro atoms. The van der Waals surface area contributed by atoms with Crippen molar-refractivity contribution in [3.8, 4) is 17.1 Å². The molecule has 0 N–H and O–H groups in total. The second-order valence-electron chi connectivity index (χ2n) is 8.73. The number of unbranched alkanes of at least 4 members (excludes halogenated alkanes) is 2. The number of halogens is 1. The first-order chi connectivity index (χ1) is 15.5. The average Bonchev–Trinajstić information content (AvgIpc) is 3.11. The normalized spacial score (nSPS) is 11.1. The van der Waals surface area contributed by atoms with Crippen molar-refractivity contribution in [2.75, 3.05) is 0 Å². The van der Waals surface area contributed by atoms with Crippen molar-refractivity contribution in [3.63, 3.8) is 0 Å².